The number of rotatable bonds is 6. The highest BCUT2D eigenvalue weighted by molar-refractivity contribution is 9.10. The first-order valence-corrected chi connectivity index (χ1v) is 8.58. The van der Waals surface area contributed by atoms with E-state index >= 15 is 0 Å². The van der Waals surface area contributed by atoms with Gasteiger partial charge in [-0.25, -0.2) is 0 Å². The van der Waals surface area contributed by atoms with E-state index in [1.165, 1.54) is 5.56 Å². The number of carbonyl (C=O) groups is 1. The van der Waals surface area contributed by atoms with Crippen LogP contribution in [0.25, 0.3) is 0 Å². The molecule has 0 aromatic heterocycles. The van der Waals surface area contributed by atoms with Crippen molar-refractivity contribution >= 4 is 21.8 Å². The van der Waals surface area contributed by atoms with Gasteiger partial charge in [0.15, 0.2) is 0 Å². The van der Waals surface area contributed by atoms with Crippen molar-refractivity contribution in [1.82, 2.24) is 5.32 Å². The summed E-state index contributed by atoms with van der Waals surface area (Å²) in [6, 6.07) is 18.5. The Balaban J connectivity index is 1.51. The summed E-state index contributed by atoms with van der Waals surface area (Å²) in [5.41, 5.74) is 2.19. The van der Waals surface area contributed by atoms with E-state index in [4.69, 9.17) is 0 Å². The average Bonchev–Trinajstić information content (AvgIpc) is 3.35. The lowest BCUT2D eigenvalue weighted by Crippen LogP contribution is -2.35. The summed E-state index contributed by atoms with van der Waals surface area (Å²) < 4.78 is 1.05. The van der Waals surface area contributed by atoms with Crippen molar-refractivity contribution in [2.24, 2.45) is 0 Å². The van der Waals surface area contributed by atoms with E-state index in [0.717, 1.165) is 42.3 Å². The van der Waals surface area contributed by atoms with Gasteiger partial charge in [0.2, 0.25) is 5.91 Å². The number of hydrogen-bond donors (Lipinski definition) is 1. The fraction of sp³-hybridized carbons (Fsp3) is 0.316. The van der Waals surface area contributed by atoms with Crippen molar-refractivity contribution in [2.75, 3.05) is 6.54 Å². The number of amides is 1. The van der Waals surface area contributed by atoms with Crippen molar-refractivity contribution in [2.45, 2.75) is 31.1 Å². The maximum Gasteiger partial charge on any atom is 0.230 e. The minimum atomic E-state index is -0.270. The minimum Gasteiger partial charge on any atom is -0.355 e. The lowest BCUT2D eigenvalue weighted by atomic mass is 9.95. The highest BCUT2D eigenvalue weighted by Crippen LogP contribution is 2.48. The van der Waals surface area contributed by atoms with E-state index < -0.39 is 0 Å². The fourth-order valence-corrected chi connectivity index (χ4v) is 3.11. The lowest BCUT2D eigenvalue weighted by Gasteiger charge is -2.16. The minimum absolute atomic E-state index is 0.183. The van der Waals surface area contributed by atoms with E-state index in [-0.39, 0.29) is 11.3 Å². The molecule has 22 heavy (non-hydrogen) atoms. The molecule has 0 heterocycles. The average molecular weight is 358 g/mol. The topological polar surface area (TPSA) is 29.1 Å². The van der Waals surface area contributed by atoms with Gasteiger partial charge < -0.3 is 5.32 Å². The molecule has 1 aliphatic rings. The zero-order valence-electron chi connectivity index (χ0n) is 12.5. The van der Waals surface area contributed by atoms with Gasteiger partial charge in [-0.1, -0.05) is 58.4 Å². The van der Waals surface area contributed by atoms with Crippen LogP contribution < -0.4 is 5.32 Å². The van der Waals surface area contributed by atoms with Gasteiger partial charge in [-0.2, -0.15) is 0 Å². The summed E-state index contributed by atoms with van der Waals surface area (Å²) in [7, 11) is 0. The van der Waals surface area contributed by atoms with E-state index in [0.29, 0.717) is 0 Å². The van der Waals surface area contributed by atoms with Crippen LogP contribution >= 0.6 is 15.9 Å². The maximum absolute atomic E-state index is 12.5. The number of nitrogens with one attached hydrogen (secondary N) is 1. The largest absolute Gasteiger partial charge is 0.355 e. The van der Waals surface area contributed by atoms with Gasteiger partial charge in [0, 0.05) is 11.0 Å². The zero-order valence-corrected chi connectivity index (χ0v) is 14.1. The van der Waals surface area contributed by atoms with Crippen LogP contribution in [0.3, 0.4) is 0 Å². The standard InChI is InChI=1S/C19H20BrNO/c20-17-10-8-16(9-11-17)19(12-13-19)18(22)21-14-4-7-15-5-2-1-3-6-15/h1-3,5-6,8-11H,4,7,12-14H2,(H,21,22). The van der Waals surface area contributed by atoms with Gasteiger partial charge in [-0.3, -0.25) is 4.79 Å². The van der Waals surface area contributed by atoms with Crippen molar-refractivity contribution in [1.29, 1.82) is 0 Å². The molecule has 0 unspecified atom stereocenters. The monoisotopic (exact) mass is 357 g/mol. The summed E-state index contributed by atoms with van der Waals surface area (Å²) >= 11 is 3.44. The summed E-state index contributed by atoms with van der Waals surface area (Å²) in [6.07, 6.45) is 3.90. The third-order valence-corrected chi connectivity index (χ3v) is 4.88. The van der Waals surface area contributed by atoms with Crippen LogP contribution in [0.5, 0.6) is 0 Å². The molecule has 3 rings (SSSR count). The molecular formula is C19H20BrNO. The van der Waals surface area contributed by atoms with Gasteiger partial charge in [-0.15, -0.1) is 0 Å². The summed E-state index contributed by atoms with van der Waals surface area (Å²) in [5.74, 6) is 0.183. The Kier molecular flexibility index (Phi) is 4.63. The SMILES string of the molecule is O=C(NCCCc1ccccc1)C1(c2ccc(Br)cc2)CC1. The van der Waals surface area contributed by atoms with E-state index in [2.05, 4.69) is 57.6 Å². The lowest BCUT2D eigenvalue weighted by molar-refractivity contribution is -0.123. The molecule has 0 saturated heterocycles. The van der Waals surface area contributed by atoms with Gasteiger partial charge in [-0.05, 0) is 48.9 Å². The molecule has 114 valence electrons. The van der Waals surface area contributed by atoms with Crippen LogP contribution in [-0.2, 0) is 16.6 Å². The molecular weight excluding hydrogens is 338 g/mol. The molecule has 0 radical (unpaired) electrons. The zero-order chi connectivity index (χ0) is 15.4. The molecule has 0 spiro atoms. The first-order chi connectivity index (χ1) is 10.7. The summed E-state index contributed by atoms with van der Waals surface area (Å²) in [5, 5.41) is 3.12. The Bertz CT molecular complexity index is 632. The predicted octanol–water partition coefficient (Wildman–Crippen LogP) is 4.23. The number of aryl methyl sites for hydroxylation is 1. The highest BCUT2D eigenvalue weighted by atomic mass is 79.9. The number of halogens is 1. The predicted molar refractivity (Wildman–Crippen MR) is 92.8 cm³/mol. The second-order valence-electron chi connectivity index (χ2n) is 5.93. The molecule has 0 atom stereocenters. The molecule has 1 fully saturated rings. The van der Waals surface area contributed by atoms with E-state index in [1.54, 1.807) is 0 Å². The summed E-state index contributed by atoms with van der Waals surface area (Å²) in [6.45, 7) is 0.742. The van der Waals surface area contributed by atoms with Gasteiger partial charge >= 0.3 is 0 Å². The third kappa shape index (κ3) is 3.41. The molecule has 2 aromatic rings. The van der Waals surface area contributed by atoms with Crippen molar-refractivity contribution < 1.29 is 4.79 Å². The first kappa shape index (κ1) is 15.3. The third-order valence-electron chi connectivity index (χ3n) is 4.35. The second-order valence-corrected chi connectivity index (χ2v) is 6.85. The molecule has 1 amide bonds. The van der Waals surface area contributed by atoms with Crippen LogP contribution in [0, 0.1) is 0 Å². The number of benzene rings is 2. The molecule has 2 aromatic carbocycles. The fourth-order valence-electron chi connectivity index (χ4n) is 2.85. The highest BCUT2D eigenvalue weighted by Gasteiger charge is 2.50. The molecule has 1 aliphatic carbocycles. The Morgan fingerprint density at radius 2 is 1.73 bits per heavy atom. The summed E-state index contributed by atoms with van der Waals surface area (Å²) in [4.78, 5) is 12.5. The molecule has 0 bridgehead atoms. The molecule has 1 saturated carbocycles. The second kappa shape index (κ2) is 6.66. The normalized spacial score (nSPS) is 15.3. The van der Waals surface area contributed by atoms with E-state index in [1.807, 2.05) is 18.2 Å². The van der Waals surface area contributed by atoms with Crippen LogP contribution in [0.15, 0.2) is 59.1 Å². The van der Waals surface area contributed by atoms with Crippen LogP contribution in [0.4, 0.5) is 0 Å². The first-order valence-electron chi connectivity index (χ1n) is 7.79. The number of carbonyl (C=O) groups excluding carboxylic acids is 1. The Morgan fingerprint density at radius 3 is 2.36 bits per heavy atom. The van der Waals surface area contributed by atoms with Crippen LogP contribution in [0.1, 0.15) is 30.4 Å². The van der Waals surface area contributed by atoms with Crippen molar-refractivity contribution in [3.8, 4) is 0 Å². The molecule has 2 nitrogen and oxygen atoms in total. The van der Waals surface area contributed by atoms with Gasteiger partial charge in [0.1, 0.15) is 0 Å². The number of hydrogen-bond acceptors (Lipinski definition) is 1. The van der Waals surface area contributed by atoms with E-state index in [9.17, 15) is 4.79 Å². The molecule has 3 heteroatoms. The van der Waals surface area contributed by atoms with Crippen molar-refractivity contribution in [3.63, 3.8) is 0 Å². The van der Waals surface area contributed by atoms with Gasteiger partial charge in [0.05, 0.1) is 5.41 Å². The quantitative estimate of drug-likeness (QED) is 0.770. The Labute approximate surface area is 140 Å². The Morgan fingerprint density at radius 1 is 1.05 bits per heavy atom. The Hall–Kier alpha value is -1.61. The van der Waals surface area contributed by atoms with Crippen LogP contribution in [0.2, 0.25) is 0 Å². The molecule has 1 N–H and O–H groups in total. The van der Waals surface area contributed by atoms with Gasteiger partial charge in [0.25, 0.3) is 0 Å². The smallest absolute Gasteiger partial charge is 0.230 e. The maximum atomic E-state index is 12.5. The van der Waals surface area contributed by atoms with Crippen molar-refractivity contribution in [3.05, 3.63) is 70.2 Å². The van der Waals surface area contributed by atoms with Crippen LogP contribution in [-0.4, -0.2) is 12.5 Å². The molecule has 0 aliphatic heterocycles.